The molecule has 0 saturated carbocycles. The van der Waals surface area contributed by atoms with Crippen LogP contribution in [0.25, 0.3) is 0 Å². The highest BCUT2D eigenvalue weighted by Crippen LogP contribution is 2.28. The van der Waals surface area contributed by atoms with Gasteiger partial charge in [-0.1, -0.05) is 0 Å². The predicted molar refractivity (Wildman–Crippen MR) is 52.8 cm³/mol. The molecular formula is C7H3F3IN3O. The number of anilines is 1. The van der Waals surface area contributed by atoms with Crippen LogP contribution in [0.15, 0.2) is 6.07 Å². The molecule has 4 nitrogen and oxygen atoms in total. The van der Waals surface area contributed by atoms with E-state index in [-0.39, 0.29) is 15.0 Å². The van der Waals surface area contributed by atoms with Gasteiger partial charge in [-0.25, -0.2) is 0 Å². The summed E-state index contributed by atoms with van der Waals surface area (Å²) in [4.78, 5) is 3.34. The summed E-state index contributed by atoms with van der Waals surface area (Å²) in [5.74, 6) is -0.672. The average Bonchev–Trinajstić information content (AvgIpc) is 2.07. The number of halogens is 4. The topological polar surface area (TPSA) is 71.9 Å². The van der Waals surface area contributed by atoms with Crippen molar-refractivity contribution in [1.82, 2.24) is 4.98 Å². The molecule has 80 valence electrons. The van der Waals surface area contributed by atoms with Crippen LogP contribution in [-0.2, 0) is 0 Å². The van der Waals surface area contributed by atoms with Gasteiger partial charge in [-0.2, -0.15) is 10.2 Å². The number of hydrogen-bond acceptors (Lipinski definition) is 4. The molecule has 0 aliphatic heterocycles. The second-order valence-corrected chi connectivity index (χ2v) is 3.53. The Morgan fingerprint density at radius 2 is 2.13 bits per heavy atom. The molecular weight excluding hydrogens is 326 g/mol. The van der Waals surface area contributed by atoms with Crippen LogP contribution in [0.2, 0.25) is 0 Å². The van der Waals surface area contributed by atoms with E-state index < -0.39 is 12.2 Å². The van der Waals surface area contributed by atoms with Gasteiger partial charge in [0, 0.05) is 0 Å². The Labute approximate surface area is 96.0 Å². The van der Waals surface area contributed by atoms with Gasteiger partial charge in [0.25, 0.3) is 0 Å². The first-order valence-electron chi connectivity index (χ1n) is 3.45. The first kappa shape index (κ1) is 11.8. The van der Waals surface area contributed by atoms with Crippen molar-refractivity contribution in [2.45, 2.75) is 6.36 Å². The number of nitriles is 1. The summed E-state index contributed by atoms with van der Waals surface area (Å²) in [6.45, 7) is 0. The Morgan fingerprint density at radius 3 is 2.60 bits per heavy atom. The zero-order chi connectivity index (χ0) is 11.6. The second kappa shape index (κ2) is 4.09. The number of nitrogens with zero attached hydrogens (tertiary/aromatic N) is 2. The van der Waals surface area contributed by atoms with Crippen molar-refractivity contribution in [3.05, 3.63) is 15.3 Å². The molecule has 0 aromatic carbocycles. The molecule has 0 radical (unpaired) electrons. The zero-order valence-electron chi connectivity index (χ0n) is 6.97. The average molecular weight is 329 g/mol. The molecule has 0 unspecified atom stereocenters. The number of rotatable bonds is 1. The van der Waals surface area contributed by atoms with Crippen molar-refractivity contribution < 1.29 is 17.9 Å². The van der Waals surface area contributed by atoms with E-state index >= 15 is 0 Å². The minimum atomic E-state index is -4.84. The largest absolute Gasteiger partial charge is 0.574 e. The van der Waals surface area contributed by atoms with Gasteiger partial charge in [0.1, 0.15) is 6.07 Å². The molecule has 15 heavy (non-hydrogen) atoms. The quantitative estimate of drug-likeness (QED) is 0.801. The molecule has 0 bridgehead atoms. The van der Waals surface area contributed by atoms with E-state index in [1.165, 1.54) is 6.07 Å². The summed E-state index contributed by atoms with van der Waals surface area (Å²) in [5, 5.41) is 8.50. The van der Waals surface area contributed by atoms with E-state index in [0.717, 1.165) is 0 Å². The van der Waals surface area contributed by atoms with Crippen molar-refractivity contribution in [2.75, 3.05) is 5.73 Å². The standard InChI is InChI=1S/C7H3F3IN3O/c8-7(9,10)15-6-3(11)1-4(13)5(2-12)14-6/h1H,13H2. The summed E-state index contributed by atoms with van der Waals surface area (Å²) in [5.41, 5.74) is 5.05. The number of nitrogen functional groups attached to an aromatic ring is 1. The summed E-state index contributed by atoms with van der Waals surface area (Å²) in [6, 6.07) is 2.75. The molecule has 0 fully saturated rings. The van der Waals surface area contributed by atoms with Crippen LogP contribution in [0.3, 0.4) is 0 Å². The highest BCUT2D eigenvalue weighted by atomic mass is 127. The Morgan fingerprint density at radius 1 is 1.53 bits per heavy atom. The smallest absolute Gasteiger partial charge is 0.396 e. The lowest BCUT2D eigenvalue weighted by molar-refractivity contribution is -0.276. The molecule has 0 aliphatic carbocycles. The molecule has 1 aromatic rings. The number of aromatic nitrogens is 1. The minimum absolute atomic E-state index is 0.0106. The number of pyridine rings is 1. The summed E-state index contributed by atoms with van der Waals surface area (Å²) in [6.07, 6.45) is -4.84. The fourth-order valence-corrected chi connectivity index (χ4v) is 1.32. The third-order valence-corrected chi connectivity index (χ3v) is 2.06. The highest BCUT2D eigenvalue weighted by molar-refractivity contribution is 14.1. The Hall–Kier alpha value is -1.24. The predicted octanol–water partition coefficient (Wildman–Crippen LogP) is 2.04. The van der Waals surface area contributed by atoms with Crippen molar-refractivity contribution in [3.8, 4) is 11.9 Å². The van der Waals surface area contributed by atoms with E-state index in [1.807, 2.05) is 0 Å². The van der Waals surface area contributed by atoms with Crippen molar-refractivity contribution >= 4 is 28.3 Å². The van der Waals surface area contributed by atoms with Crippen molar-refractivity contribution in [3.63, 3.8) is 0 Å². The second-order valence-electron chi connectivity index (χ2n) is 2.37. The van der Waals surface area contributed by atoms with Gasteiger partial charge >= 0.3 is 6.36 Å². The molecule has 0 aliphatic rings. The fourth-order valence-electron chi connectivity index (χ4n) is 0.757. The molecule has 2 N–H and O–H groups in total. The van der Waals surface area contributed by atoms with Crippen LogP contribution >= 0.6 is 22.6 Å². The van der Waals surface area contributed by atoms with Gasteiger partial charge in [-0.3, -0.25) is 0 Å². The Bertz CT molecular complexity index is 427. The number of alkyl halides is 3. The van der Waals surface area contributed by atoms with Gasteiger partial charge in [0.2, 0.25) is 5.88 Å². The molecule has 0 amide bonds. The van der Waals surface area contributed by atoms with Crippen LogP contribution in [0, 0.1) is 14.9 Å². The number of nitrogens with two attached hydrogens (primary N) is 1. The first-order valence-corrected chi connectivity index (χ1v) is 4.53. The van der Waals surface area contributed by atoms with E-state index in [0.29, 0.717) is 0 Å². The lowest BCUT2D eigenvalue weighted by Crippen LogP contribution is -2.19. The summed E-state index contributed by atoms with van der Waals surface area (Å²) >= 11 is 1.58. The zero-order valence-corrected chi connectivity index (χ0v) is 9.13. The number of hydrogen-bond donors (Lipinski definition) is 1. The van der Waals surface area contributed by atoms with Crippen molar-refractivity contribution in [2.24, 2.45) is 0 Å². The summed E-state index contributed by atoms with van der Waals surface area (Å²) < 4.78 is 39.3. The monoisotopic (exact) mass is 329 g/mol. The van der Waals surface area contributed by atoms with Crippen LogP contribution in [0.4, 0.5) is 18.9 Å². The third-order valence-electron chi connectivity index (χ3n) is 1.29. The third kappa shape index (κ3) is 3.12. The van der Waals surface area contributed by atoms with Crippen LogP contribution in [0.1, 0.15) is 5.69 Å². The van der Waals surface area contributed by atoms with E-state index in [9.17, 15) is 13.2 Å². The highest BCUT2D eigenvalue weighted by Gasteiger charge is 2.33. The van der Waals surface area contributed by atoms with E-state index in [1.54, 1.807) is 28.7 Å². The lowest BCUT2D eigenvalue weighted by Gasteiger charge is -2.10. The maximum absolute atomic E-state index is 11.9. The molecule has 0 spiro atoms. The lowest BCUT2D eigenvalue weighted by atomic mass is 10.3. The van der Waals surface area contributed by atoms with E-state index in [2.05, 4.69) is 9.72 Å². The molecule has 0 atom stereocenters. The van der Waals surface area contributed by atoms with Gasteiger partial charge in [-0.15, -0.1) is 13.2 Å². The molecule has 1 heterocycles. The SMILES string of the molecule is N#Cc1nc(OC(F)(F)F)c(I)cc1N. The number of ether oxygens (including phenoxy) is 1. The molecule has 0 saturated heterocycles. The maximum atomic E-state index is 11.9. The Balaban J connectivity index is 3.15. The van der Waals surface area contributed by atoms with E-state index in [4.69, 9.17) is 11.0 Å². The van der Waals surface area contributed by atoms with Crippen molar-refractivity contribution in [1.29, 1.82) is 5.26 Å². The van der Waals surface area contributed by atoms with Gasteiger partial charge in [0.05, 0.1) is 9.26 Å². The van der Waals surface area contributed by atoms with Gasteiger partial charge < -0.3 is 10.5 Å². The first-order chi connectivity index (χ1) is 6.83. The Kier molecular flexibility index (Phi) is 3.23. The molecule has 1 rings (SSSR count). The molecule has 1 aromatic heterocycles. The minimum Gasteiger partial charge on any atom is -0.396 e. The molecule has 8 heteroatoms. The van der Waals surface area contributed by atoms with Gasteiger partial charge in [-0.05, 0) is 28.7 Å². The normalized spacial score (nSPS) is 10.9. The van der Waals surface area contributed by atoms with Crippen LogP contribution in [-0.4, -0.2) is 11.3 Å². The van der Waals surface area contributed by atoms with Crippen LogP contribution in [0.5, 0.6) is 5.88 Å². The van der Waals surface area contributed by atoms with Gasteiger partial charge in [0.15, 0.2) is 5.69 Å². The fraction of sp³-hybridized carbons (Fsp3) is 0.143. The maximum Gasteiger partial charge on any atom is 0.574 e. The summed E-state index contributed by atoms with van der Waals surface area (Å²) in [7, 11) is 0. The van der Waals surface area contributed by atoms with Crippen LogP contribution < -0.4 is 10.5 Å².